The molecule has 1 saturated carbocycles. The molecule has 1 aromatic rings. The lowest BCUT2D eigenvalue weighted by molar-refractivity contribution is 0.402. The normalized spacial score (nSPS) is 17.2. The number of anilines is 1. The van der Waals surface area contributed by atoms with Gasteiger partial charge in [-0.2, -0.15) is 0 Å². The van der Waals surface area contributed by atoms with Crippen molar-refractivity contribution in [2.75, 3.05) is 19.4 Å². The Morgan fingerprint density at radius 2 is 1.88 bits per heavy atom. The lowest BCUT2D eigenvalue weighted by Crippen LogP contribution is -2.15. The fraction of sp³-hybridized carbons (Fsp3) is 0.600. The first-order chi connectivity index (χ1) is 8.13. The van der Waals surface area contributed by atoms with Gasteiger partial charge in [0.05, 0.1) is 0 Å². The van der Waals surface area contributed by atoms with Gasteiger partial charge >= 0.3 is 0 Å². The summed E-state index contributed by atoms with van der Waals surface area (Å²) in [5.74, 6) is 0.991. The number of hydrogen-bond donors (Lipinski definition) is 1. The second-order valence-corrected chi connectivity index (χ2v) is 5.66. The van der Waals surface area contributed by atoms with Crippen LogP contribution in [0.3, 0.4) is 0 Å². The Balaban J connectivity index is 1.83. The van der Waals surface area contributed by atoms with Gasteiger partial charge in [0.15, 0.2) is 0 Å². The van der Waals surface area contributed by atoms with Gasteiger partial charge in [-0.15, -0.1) is 0 Å². The van der Waals surface area contributed by atoms with Crippen molar-refractivity contribution in [1.29, 1.82) is 0 Å². The van der Waals surface area contributed by atoms with Crippen molar-refractivity contribution < 1.29 is 0 Å². The number of benzene rings is 1. The van der Waals surface area contributed by atoms with Gasteiger partial charge in [-0.3, -0.25) is 0 Å². The highest BCUT2D eigenvalue weighted by Crippen LogP contribution is 2.34. The van der Waals surface area contributed by atoms with Gasteiger partial charge in [0.2, 0.25) is 0 Å². The van der Waals surface area contributed by atoms with Gasteiger partial charge in [0, 0.05) is 18.3 Å². The lowest BCUT2D eigenvalue weighted by atomic mass is 10.1. The van der Waals surface area contributed by atoms with E-state index in [0.29, 0.717) is 6.04 Å². The predicted molar refractivity (Wildman–Crippen MR) is 74.3 cm³/mol. The van der Waals surface area contributed by atoms with Gasteiger partial charge in [-0.25, -0.2) is 0 Å². The van der Waals surface area contributed by atoms with E-state index in [1.165, 1.54) is 30.5 Å². The van der Waals surface area contributed by atoms with Crippen LogP contribution in [0.5, 0.6) is 0 Å². The van der Waals surface area contributed by atoms with E-state index >= 15 is 0 Å². The van der Waals surface area contributed by atoms with Crippen molar-refractivity contribution in [3.8, 4) is 0 Å². The first-order valence-electron chi connectivity index (χ1n) is 6.63. The summed E-state index contributed by atoms with van der Waals surface area (Å²) in [4.78, 5) is 2.19. The van der Waals surface area contributed by atoms with E-state index in [2.05, 4.69) is 55.5 Å². The van der Waals surface area contributed by atoms with Crippen LogP contribution < -0.4 is 5.32 Å². The topological polar surface area (TPSA) is 15.3 Å². The molecule has 1 atom stereocenters. The zero-order chi connectivity index (χ0) is 12.3. The molecule has 2 nitrogen and oxygen atoms in total. The molecule has 0 aromatic heterocycles. The van der Waals surface area contributed by atoms with E-state index < -0.39 is 0 Å². The molecule has 0 amide bonds. The average Bonchev–Trinajstić information content (AvgIpc) is 3.04. The van der Waals surface area contributed by atoms with E-state index in [9.17, 15) is 0 Å². The highest BCUT2D eigenvalue weighted by atomic mass is 15.0. The van der Waals surface area contributed by atoms with Crippen LogP contribution in [0.1, 0.15) is 31.7 Å². The van der Waals surface area contributed by atoms with Crippen LogP contribution in [0.2, 0.25) is 0 Å². The molecule has 1 aromatic carbocycles. The maximum absolute atomic E-state index is 3.58. The highest BCUT2D eigenvalue weighted by molar-refractivity contribution is 5.45. The molecule has 0 saturated heterocycles. The summed E-state index contributed by atoms with van der Waals surface area (Å²) in [7, 11) is 4.20. The lowest BCUT2D eigenvalue weighted by Gasteiger charge is -2.15. The number of nitrogens with zero attached hydrogens (tertiary/aromatic N) is 1. The quantitative estimate of drug-likeness (QED) is 0.809. The minimum absolute atomic E-state index is 0.599. The molecule has 0 heterocycles. The van der Waals surface area contributed by atoms with Crippen molar-refractivity contribution in [1.82, 2.24) is 4.90 Å². The standard InChI is InChI=1S/C15H24N2/c1-12(10-13-4-5-13)16-15-8-6-14(7-9-15)11-17(2)3/h6-9,12-13,16H,4-5,10-11H2,1-3H3. The monoisotopic (exact) mass is 232 g/mol. The van der Waals surface area contributed by atoms with E-state index in [1.54, 1.807) is 0 Å². The Morgan fingerprint density at radius 3 is 2.41 bits per heavy atom. The Hall–Kier alpha value is -1.02. The van der Waals surface area contributed by atoms with Crippen LogP contribution in [0, 0.1) is 5.92 Å². The van der Waals surface area contributed by atoms with Crippen LogP contribution in [0.4, 0.5) is 5.69 Å². The highest BCUT2D eigenvalue weighted by Gasteiger charge is 2.23. The van der Waals surface area contributed by atoms with Crippen molar-refractivity contribution in [2.45, 2.75) is 38.8 Å². The largest absolute Gasteiger partial charge is 0.383 e. The summed E-state index contributed by atoms with van der Waals surface area (Å²) in [6, 6.07) is 9.42. The summed E-state index contributed by atoms with van der Waals surface area (Å²) < 4.78 is 0. The molecule has 2 heteroatoms. The molecular formula is C15H24N2. The van der Waals surface area contributed by atoms with Gasteiger partial charge in [-0.1, -0.05) is 25.0 Å². The molecule has 0 spiro atoms. The van der Waals surface area contributed by atoms with Gasteiger partial charge in [0.1, 0.15) is 0 Å². The van der Waals surface area contributed by atoms with Crippen molar-refractivity contribution in [3.63, 3.8) is 0 Å². The smallest absolute Gasteiger partial charge is 0.0342 e. The van der Waals surface area contributed by atoms with Gasteiger partial charge in [-0.05, 0) is 51.1 Å². The summed E-state index contributed by atoms with van der Waals surface area (Å²) in [6.07, 6.45) is 4.20. The third-order valence-electron chi connectivity index (χ3n) is 3.25. The Labute approximate surface area is 105 Å². The zero-order valence-corrected chi connectivity index (χ0v) is 11.2. The van der Waals surface area contributed by atoms with Gasteiger partial charge in [0.25, 0.3) is 0 Å². The van der Waals surface area contributed by atoms with E-state index in [-0.39, 0.29) is 0 Å². The zero-order valence-electron chi connectivity index (χ0n) is 11.2. The summed E-state index contributed by atoms with van der Waals surface area (Å²) in [6.45, 7) is 3.30. The van der Waals surface area contributed by atoms with Crippen molar-refractivity contribution in [3.05, 3.63) is 29.8 Å². The predicted octanol–water partition coefficient (Wildman–Crippen LogP) is 3.35. The molecular weight excluding hydrogens is 208 g/mol. The van der Waals surface area contributed by atoms with E-state index in [0.717, 1.165) is 12.5 Å². The molecule has 1 fully saturated rings. The Bertz CT molecular complexity index is 338. The maximum atomic E-state index is 3.58. The average molecular weight is 232 g/mol. The number of hydrogen-bond acceptors (Lipinski definition) is 2. The third kappa shape index (κ3) is 4.39. The first kappa shape index (κ1) is 12.4. The maximum Gasteiger partial charge on any atom is 0.0342 e. The number of nitrogens with one attached hydrogen (secondary N) is 1. The van der Waals surface area contributed by atoms with Crippen LogP contribution in [0.15, 0.2) is 24.3 Å². The second-order valence-electron chi connectivity index (χ2n) is 5.66. The number of rotatable bonds is 6. The molecule has 94 valence electrons. The molecule has 0 radical (unpaired) electrons. The van der Waals surface area contributed by atoms with E-state index in [1.807, 2.05) is 0 Å². The summed E-state index contributed by atoms with van der Waals surface area (Å²) >= 11 is 0. The Kier molecular flexibility index (Phi) is 4.06. The van der Waals surface area contributed by atoms with Crippen LogP contribution in [-0.4, -0.2) is 25.0 Å². The molecule has 0 bridgehead atoms. The molecule has 1 aliphatic rings. The SMILES string of the molecule is CC(CC1CC1)Nc1ccc(CN(C)C)cc1. The molecule has 2 rings (SSSR count). The van der Waals surface area contributed by atoms with Crippen molar-refractivity contribution >= 4 is 5.69 Å². The molecule has 0 aliphatic heterocycles. The summed E-state index contributed by atoms with van der Waals surface area (Å²) in [5.41, 5.74) is 2.62. The third-order valence-corrected chi connectivity index (χ3v) is 3.25. The Morgan fingerprint density at radius 1 is 1.24 bits per heavy atom. The van der Waals surface area contributed by atoms with E-state index in [4.69, 9.17) is 0 Å². The minimum atomic E-state index is 0.599. The van der Waals surface area contributed by atoms with Crippen LogP contribution in [-0.2, 0) is 6.54 Å². The molecule has 1 unspecified atom stereocenters. The molecule has 1 N–H and O–H groups in total. The minimum Gasteiger partial charge on any atom is -0.383 e. The summed E-state index contributed by atoms with van der Waals surface area (Å²) in [5, 5.41) is 3.58. The fourth-order valence-electron chi connectivity index (χ4n) is 2.27. The van der Waals surface area contributed by atoms with Crippen molar-refractivity contribution in [2.24, 2.45) is 5.92 Å². The fourth-order valence-corrected chi connectivity index (χ4v) is 2.27. The van der Waals surface area contributed by atoms with Crippen LogP contribution in [0.25, 0.3) is 0 Å². The van der Waals surface area contributed by atoms with Gasteiger partial charge < -0.3 is 10.2 Å². The second kappa shape index (κ2) is 5.54. The first-order valence-corrected chi connectivity index (χ1v) is 6.63. The van der Waals surface area contributed by atoms with Crippen LogP contribution >= 0.6 is 0 Å². The molecule has 17 heavy (non-hydrogen) atoms. The molecule has 1 aliphatic carbocycles.